The van der Waals surface area contributed by atoms with Crippen LogP contribution in [0.3, 0.4) is 0 Å². The summed E-state index contributed by atoms with van der Waals surface area (Å²) in [4.78, 5) is 24.6. The van der Waals surface area contributed by atoms with Crippen LogP contribution in [0.1, 0.15) is 49.0 Å². The van der Waals surface area contributed by atoms with Gasteiger partial charge in [0.15, 0.2) is 0 Å². The van der Waals surface area contributed by atoms with Crippen molar-refractivity contribution in [3.63, 3.8) is 0 Å². The zero-order chi connectivity index (χ0) is 22.4. The summed E-state index contributed by atoms with van der Waals surface area (Å²) >= 11 is 0. The molecule has 0 aliphatic carbocycles. The van der Waals surface area contributed by atoms with Gasteiger partial charge in [-0.2, -0.15) is 4.31 Å². The van der Waals surface area contributed by atoms with E-state index in [-0.39, 0.29) is 29.2 Å². The molecule has 2 aromatic rings. The van der Waals surface area contributed by atoms with Crippen molar-refractivity contribution in [3.05, 3.63) is 59.7 Å². The Kier molecular flexibility index (Phi) is 7.46. The third kappa shape index (κ3) is 6.15. The van der Waals surface area contributed by atoms with Crippen molar-refractivity contribution in [2.75, 3.05) is 18.4 Å². The van der Waals surface area contributed by atoms with E-state index in [1.807, 2.05) is 13.8 Å². The van der Waals surface area contributed by atoms with E-state index >= 15 is 0 Å². The minimum Gasteiger partial charge on any atom is -0.350 e. The summed E-state index contributed by atoms with van der Waals surface area (Å²) < 4.78 is 27.0. The minimum absolute atomic E-state index is 0.0492. The molecule has 0 aromatic heterocycles. The molecule has 0 bridgehead atoms. The van der Waals surface area contributed by atoms with Gasteiger partial charge in [-0.25, -0.2) is 8.42 Å². The van der Waals surface area contributed by atoms with Crippen molar-refractivity contribution in [3.8, 4) is 0 Å². The van der Waals surface area contributed by atoms with Gasteiger partial charge in [0.05, 0.1) is 11.3 Å². The number of amides is 2. The zero-order valence-corrected chi connectivity index (χ0v) is 18.7. The normalized spacial score (nSPS) is 14.9. The number of hydrogen-bond donors (Lipinski definition) is 2. The second kappa shape index (κ2) is 10.1. The fourth-order valence-electron chi connectivity index (χ4n) is 3.47. The molecule has 0 radical (unpaired) electrons. The van der Waals surface area contributed by atoms with Crippen LogP contribution in [0.4, 0.5) is 5.69 Å². The van der Waals surface area contributed by atoms with Crippen molar-refractivity contribution in [2.24, 2.45) is 0 Å². The molecule has 1 aliphatic heterocycles. The lowest BCUT2D eigenvalue weighted by Gasteiger charge is -2.25. The molecule has 3 rings (SSSR count). The summed E-state index contributed by atoms with van der Waals surface area (Å²) in [6, 6.07) is 13.2. The van der Waals surface area contributed by atoms with Gasteiger partial charge in [-0.1, -0.05) is 18.6 Å². The van der Waals surface area contributed by atoms with Crippen molar-refractivity contribution in [2.45, 2.75) is 50.5 Å². The molecule has 1 fully saturated rings. The number of carbonyl (C=O) groups is 2. The smallest absolute Gasteiger partial charge is 0.251 e. The minimum atomic E-state index is -3.47. The first-order valence-corrected chi connectivity index (χ1v) is 12.0. The van der Waals surface area contributed by atoms with Crippen LogP contribution < -0.4 is 10.6 Å². The molecule has 31 heavy (non-hydrogen) atoms. The molecule has 2 aromatic carbocycles. The van der Waals surface area contributed by atoms with E-state index in [4.69, 9.17) is 0 Å². The number of hydrogen-bond acceptors (Lipinski definition) is 4. The van der Waals surface area contributed by atoms with Crippen LogP contribution in [0.15, 0.2) is 53.4 Å². The number of carbonyl (C=O) groups excluding carboxylic acids is 2. The lowest BCUT2D eigenvalue weighted by Crippen LogP contribution is -2.35. The van der Waals surface area contributed by atoms with Crippen LogP contribution in [-0.4, -0.2) is 43.7 Å². The van der Waals surface area contributed by atoms with Crippen LogP contribution in [0.5, 0.6) is 0 Å². The van der Waals surface area contributed by atoms with Crippen LogP contribution in [0.25, 0.3) is 0 Å². The third-order valence-corrected chi connectivity index (χ3v) is 7.00. The SMILES string of the molecule is CC(C)NC(=O)c1ccc(NC(=O)Cc2ccc(S(=O)(=O)N3CCCCC3)cc2)cc1. The topological polar surface area (TPSA) is 95.6 Å². The van der Waals surface area contributed by atoms with Crippen LogP contribution >= 0.6 is 0 Å². The highest BCUT2D eigenvalue weighted by molar-refractivity contribution is 7.89. The van der Waals surface area contributed by atoms with Gasteiger partial charge in [-0.05, 0) is 68.7 Å². The zero-order valence-electron chi connectivity index (χ0n) is 17.9. The predicted octanol–water partition coefficient (Wildman–Crippen LogP) is 3.18. The highest BCUT2D eigenvalue weighted by Gasteiger charge is 2.25. The second-order valence-corrected chi connectivity index (χ2v) is 9.98. The van der Waals surface area contributed by atoms with E-state index in [9.17, 15) is 18.0 Å². The van der Waals surface area contributed by atoms with E-state index in [0.717, 1.165) is 24.8 Å². The largest absolute Gasteiger partial charge is 0.350 e. The Morgan fingerprint density at radius 2 is 1.55 bits per heavy atom. The van der Waals surface area contributed by atoms with Gasteiger partial charge in [0.2, 0.25) is 15.9 Å². The van der Waals surface area contributed by atoms with Crippen LogP contribution in [-0.2, 0) is 21.2 Å². The molecule has 0 spiro atoms. The van der Waals surface area contributed by atoms with E-state index in [1.165, 1.54) is 4.31 Å². The molecule has 2 amide bonds. The quantitative estimate of drug-likeness (QED) is 0.687. The van der Waals surface area contributed by atoms with E-state index in [0.29, 0.717) is 24.3 Å². The molecule has 2 N–H and O–H groups in total. The van der Waals surface area contributed by atoms with Crippen LogP contribution in [0, 0.1) is 0 Å². The number of rotatable bonds is 7. The number of piperidine rings is 1. The summed E-state index contributed by atoms with van der Waals surface area (Å²) in [7, 11) is -3.47. The Morgan fingerprint density at radius 1 is 0.935 bits per heavy atom. The van der Waals surface area contributed by atoms with Crippen molar-refractivity contribution in [1.82, 2.24) is 9.62 Å². The number of anilines is 1. The highest BCUT2D eigenvalue weighted by Crippen LogP contribution is 2.21. The van der Waals surface area contributed by atoms with Crippen molar-refractivity contribution < 1.29 is 18.0 Å². The molecule has 166 valence electrons. The molecule has 0 saturated carbocycles. The van der Waals surface area contributed by atoms with Gasteiger partial charge in [-0.15, -0.1) is 0 Å². The summed E-state index contributed by atoms with van der Waals surface area (Å²) in [5.74, 6) is -0.376. The fourth-order valence-corrected chi connectivity index (χ4v) is 4.99. The maximum Gasteiger partial charge on any atom is 0.251 e. The molecular weight excluding hydrogens is 414 g/mol. The van der Waals surface area contributed by atoms with E-state index < -0.39 is 10.0 Å². The standard InChI is InChI=1S/C23H29N3O4S/c1-17(2)24-23(28)19-8-10-20(11-9-19)25-22(27)16-18-6-12-21(13-7-18)31(29,30)26-14-4-3-5-15-26/h6-13,17H,3-5,14-16H2,1-2H3,(H,24,28)(H,25,27). The summed E-state index contributed by atoms with van der Waals surface area (Å²) in [5.41, 5.74) is 1.84. The molecule has 8 heteroatoms. The molecule has 0 atom stereocenters. The van der Waals surface area contributed by atoms with E-state index in [1.54, 1.807) is 48.5 Å². The van der Waals surface area contributed by atoms with Gasteiger partial charge in [0, 0.05) is 30.4 Å². The molecule has 0 unspecified atom stereocenters. The first-order valence-electron chi connectivity index (χ1n) is 10.6. The van der Waals surface area contributed by atoms with Gasteiger partial charge in [0.1, 0.15) is 0 Å². The van der Waals surface area contributed by atoms with Gasteiger partial charge >= 0.3 is 0 Å². The monoisotopic (exact) mass is 443 g/mol. The summed E-state index contributed by atoms with van der Waals surface area (Å²) in [6.07, 6.45) is 2.97. The Hall–Kier alpha value is -2.71. The van der Waals surface area contributed by atoms with Crippen molar-refractivity contribution in [1.29, 1.82) is 0 Å². The first-order chi connectivity index (χ1) is 14.8. The number of sulfonamides is 1. The van der Waals surface area contributed by atoms with E-state index in [2.05, 4.69) is 10.6 Å². The lowest BCUT2D eigenvalue weighted by atomic mass is 10.1. The molecular formula is C23H29N3O4S. The molecule has 1 heterocycles. The summed E-state index contributed by atoms with van der Waals surface area (Å²) in [6.45, 7) is 4.90. The second-order valence-electron chi connectivity index (χ2n) is 8.04. The van der Waals surface area contributed by atoms with Crippen LogP contribution in [0.2, 0.25) is 0 Å². The van der Waals surface area contributed by atoms with Gasteiger partial charge < -0.3 is 10.6 Å². The maximum atomic E-state index is 12.7. The van der Waals surface area contributed by atoms with Gasteiger partial charge in [-0.3, -0.25) is 9.59 Å². The highest BCUT2D eigenvalue weighted by atomic mass is 32.2. The average molecular weight is 444 g/mol. The molecule has 1 aliphatic rings. The lowest BCUT2D eigenvalue weighted by molar-refractivity contribution is -0.115. The Morgan fingerprint density at radius 3 is 2.13 bits per heavy atom. The Labute approximate surface area is 183 Å². The Bertz CT molecular complexity index is 1010. The Balaban J connectivity index is 1.57. The van der Waals surface area contributed by atoms with Crippen molar-refractivity contribution >= 4 is 27.5 Å². The third-order valence-electron chi connectivity index (χ3n) is 5.09. The number of nitrogens with one attached hydrogen (secondary N) is 2. The molecule has 7 nitrogen and oxygen atoms in total. The number of nitrogens with zero attached hydrogens (tertiary/aromatic N) is 1. The maximum absolute atomic E-state index is 12.7. The molecule has 1 saturated heterocycles. The summed E-state index contributed by atoms with van der Waals surface area (Å²) in [5, 5.41) is 5.61. The fraction of sp³-hybridized carbons (Fsp3) is 0.391. The average Bonchev–Trinajstić information content (AvgIpc) is 2.74. The first kappa shape index (κ1) is 23.0. The van der Waals surface area contributed by atoms with Gasteiger partial charge in [0.25, 0.3) is 5.91 Å². The predicted molar refractivity (Wildman–Crippen MR) is 120 cm³/mol. The number of benzene rings is 2.